The number of aromatic nitrogens is 1. The number of carbonyl (C=O) groups is 2. The van der Waals surface area contributed by atoms with Gasteiger partial charge in [0.05, 0.1) is 5.69 Å². The van der Waals surface area contributed by atoms with Crippen LogP contribution in [0.15, 0.2) is 42.6 Å². The normalized spacial score (nSPS) is 16.5. The molecular formula is C19H17ClF3N3O3. The van der Waals surface area contributed by atoms with Gasteiger partial charge in [-0.05, 0) is 62.2 Å². The second-order valence-corrected chi connectivity index (χ2v) is 7.30. The zero-order chi connectivity index (χ0) is 21.4. The molecular weight excluding hydrogens is 411 g/mol. The number of carbonyl (C=O) groups excluding carboxylic acids is 2. The molecule has 2 heterocycles. The molecule has 0 spiro atoms. The van der Waals surface area contributed by atoms with Crippen molar-refractivity contribution in [3.63, 3.8) is 0 Å². The van der Waals surface area contributed by atoms with Gasteiger partial charge in [0.2, 0.25) is 0 Å². The molecule has 1 aliphatic heterocycles. The number of hydrogen-bond acceptors (Lipinski definition) is 4. The number of urea groups is 1. The highest BCUT2D eigenvalue weighted by molar-refractivity contribution is 6.29. The van der Waals surface area contributed by atoms with Crippen LogP contribution in [0.25, 0.3) is 0 Å². The fraction of sp³-hybridized carbons (Fsp3) is 0.316. The molecule has 10 heteroatoms. The minimum atomic E-state index is -4.82. The maximum atomic E-state index is 12.9. The van der Waals surface area contributed by atoms with Gasteiger partial charge in [-0.15, -0.1) is 13.2 Å². The summed E-state index contributed by atoms with van der Waals surface area (Å²) >= 11 is 5.87. The lowest BCUT2D eigenvalue weighted by atomic mass is 10.0. The lowest BCUT2D eigenvalue weighted by Crippen LogP contribution is -2.45. The molecule has 1 aromatic heterocycles. The van der Waals surface area contributed by atoms with E-state index in [1.54, 1.807) is 32.2 Å². The molecule has 2 aromatic rings. The van der Waals surface area contributed by atoms with Gasteiger partial charge in [0, 0.05) is 12.7 Å². The van der Waals surface area contributed by atoms with Crippen LogP contribution in [0.1, 0.15) is 19.4 Å². The fourth-order valence-corrected chi connectivity index (χ4v) is 3.27. The van der Waals surface area contributed by atoms with Gasteiger partial charge in [-0.3, -0.25) is 4.79 Å². The Balaban J connectivity index is 1.79. The zero-order valence-corrected chi connectivity index (χ0v) is 16.3. The molecule has 6 nitrogen and oxygen atoms in total. The highest BCUT2D eigenvalue weighted by Crippen LogP contribution is 2.33. The van der Waals surface area contributed by atoms with Crippen LogP contribution in [0, 0.1) is 0 Å². The third kappa shape index (κ3) is 4.45. The van der Waals surface area contributed by atoms with E-state index in [1.165, 1.54) is 17.0 Å². The topological polar surface area (TPSA) is 62.7 Å². The number of ether oxygens (including phenoxy) is 1. The number of benzene rings is 1. The molecule has 0 bridgehead atoms. The molecule has 1 aromatic carbocycles. The highest BCUT2D eigenvalue weighted by atomic mass is 35.5. The molecule has 154 valence electrons. The predicted octanol–water partition coefficient (Wildman–Crippen LogP) is 4.42. The van der Waals surface area contributed by atoms with E-state index in [0.717, 1.165) is 22.6 Å². The van der Waals surface area contributed by atoms with Crippen LogP contribution in [-0.2, 0) is 11.2 Å². The summed E-state index contributed by atoms with van der Waals surface area (Å²) in [7, 11) is 0. The minimum Gasteiger partial charge on any atom is -0.406 e. The summed E-state index contributed by atoms with van der Waals surface area (Å²) in [4.78, 5) is 32.0. The number of hydrogen-bond donors (Lipinski definition) is 0. The average Bonchev–Trinajstić information content (AvgIpc) is 2.78. The Labute approximate surface area is 169 Å². The van der Waals surface area contributed by atoms with Crippen molar-refractivity contribution in [3.05, 3.63) is 53.3 Å². The Morgan fingerprint density at radius 3 is 2.38 bits per heavy atom. The lowest BCUT2D eigenvalue weighted by Gasteiger charge is -2.27. The SMILES string of the molecule is CC1(C)C(=O)N(c2ccc(OC(F)(F)F)cc2)C(=O)N1CCc1ccnc(Cl)c1. The Hall–Kier alpha value is -2.81. The Bertz CT molecular complexity index is 932. The van der Waals surface area contributed by atoms with E-state index >= 15 is 0 Å². The Kier molecular flexibility index (Phi) is 5.44. The van der Waals surface area contributed by atoms with Gasteiger partial charge in [-0.2, -0.15) is 0 Å². The van der Waals surface area contributed by atoms with E-state index in [4.69, 9.17) is 11.6 Å². The van der Waals surface area contributed by atoms with Crippen LogP contribution in [0.2, 0.25) is 5.15 Å². The van der Waals surface area contributed by atoms with Crippen LogP contribution in [0.3, 0.4) is 0 Å². The van der Waals surface area contributed by atoms with Gasteiger partial charge in [-0.25, -0.2) is 14.7 Å². The van der Waals surface area contributed by atoms with Gasteiger partial charge in [0.1, 0.15) is 16.4 Å². The van der Waals surface area contributed by atoms with E-state index in [2.05, 4.69) is 9.72 Å². The van der Waals surface area contributed by atoms with Crippen molar-refractivity contribution in [2.45, 2.75) is 32.2 Å². The maximum Gasteiger partial charge on any atom is 0.573 e. The molecule has 0 saturated carbocycles. The molecule has 3 rings (SSSR count). The molecule has 1 fully saturated rings. The van der Waals surface area contributed by atoms with Gasteiger partial charge < -0.3 is 9.64 Å². The standard InChI is InChI=1S/C19H17ClF3N3O3/c1-18(2)16(27)26(13-3-5-14(6-4-13)29-19(21,22)23)17(28)25(18)10-8-12-7-9-24-15(20)11-12/h3-7,9,11H,8,10H2,1-2H3. The molecule has 3 amide bonds. The first-order valence-corrected chi connectivity index (χ1v) is 8.99. The number of pyridine rings is 1. The first-order chi connectivity index (χ1) is 13.5. The predicted molar refractivity (Wildman–Crippen MR) is 99.7 cm³/mol. The summed E-state index contributed by atoms with van der Waals surface area (Å²) < 4.78 is 40.7. The van der Waals surface area contributed by atoms with Crippen LogP contribution < -0.4 is 9.64 Å². The Morgan fingerprint density at radius 1 is 1.14 bits per heavy atom. The summed E-state index contributed by atoms with van der Waals surface area (Å²) in [6.45, 7) is 3.49. The number of halogens is 4. The summed E-state index contributed by atoms with van der Waals surface area (Å²) in [5.74, 6) is -0.911. The van der Waals surface area contributed by atoms with Gasteiger partial charge in [0.15, 0.2) is 0 Å². The summed E-state index contributed by atoms with van der Waals surface area (Å²) in [6.07, 6.45) is -2.82. The molecule has 0 radical (unpaired) electrons. The van der Waals surface area contributed by atoms with Gasteiger partial charge in [-0.1, -0.05) is 11.6 Å². The molecule has 0 unspecified atom stereocenters. The fourth-order valence-electron chi connectivity index (χ4n) is 3.07. The van der Waals surface area contributed by atoms with Crippen molar-refractivity contribution in [2.24, 2.45) is 0 Å². The number of alkyl halides is 3. The second kappa shape index (κ2) is 7.55. The van der Waals surface area contributed by atoms with Gasteiger partial charge in [0.25, 0.3) is 5.91 Å². The molecule has 0 atom stereocenters. The van der Waals surface area contributed by atoms with Crippen LogP contribution in [0.5, 0.6) is 5.75 Å². The lowest BCUT2D eigenvalue weighted by molar-refractivity contribution is -0.274. The zero-order valence-electron chi connectivity index (χ0n) is 15.5. The van der Waals surface area contributed by atoms with Crippen molar-refractivity contribution >= 4 is 29.2 Å². The van der Waals surface area contributed by atoms with E-state index in [9.17, 15) is 22.8 Å². The largest absolute Gasteiger partial charge is 0.573 e. The van der Waals surface area contributed by atoms with E-state index < -0.39 is 29.6 Å². The summed E-state index contributed by atoms with van der Waals surface area (Å²) in [6, 6.07) is 7.46. The number of imide groups is 1. The summed E-state index contributed by atoms with van der Waals surface area (Å²) in [5, 5.41) is 0.327. The van der Waals surface area contributed by atoms with E-state index in [1.807, 2.05) is 0 Å². The van der Waals surface area contributed by atoms with Crippen LogP contribution >= 0.6 is 11.6 Å². The van der Waals surface area contributed by atoms with Crippen molar-refractivity contribution in [1.29, 1.82) is 0 Å². The quantitative estimate of drug-likeness (QED) is 0.523. The van der Waals surface area contributed by atoms with Crippen molar-refractivity contribution in [3.8, 4) is 5.75 Å². The highest BCUT2D eigenvalue weighted by Gasteiger charge is 2.51. The first kappa shape index (κ1) is 20.9. The van der Waals surface area contributed by atoms with Crippen LogP contribution in [0.4, 0.5) is 23.7 Å². The molecule has 29 heavy (non-hydrogen) atoms. The summed E-state index contributed by atoms with van der Waals surface area (Å²) in [5.41, 5.74) is -0.0973. The monoisotopic (exact) mass is 427 g/mol. The second-order valence-electron chi connectivity index (χ2n) is 6.91. The maximum absolute atomic E-state index is 12.9. The van der Waals surface area contributed by atoms with E-state index in [-0.39, 0.29) is 12.2 Å². The van der Waals surface area contributed by atoms with E-state index in [0.29, 0.717) is 11.6 Å². The first-order valence-electron chi connectivity index (χ1n) is 8.61. The molecule has 1 aliphatic rings. The number of anilines is 1. The van der Waals surface area contributed by atoms with Crippen molar-refractivity contribution in [2.75, 3.05) is 11.4 Å². The number of rotatable bonds is 5. The molecule has 0 N–H and O–H groups in total. The van der Waals surface area contributed by atoms with Gasteiger partial charge >= 0.3 is 12.4 Å². The van der Waals surface area contributed by atoms with Crippen molar-refractivity contribution < 1.29 is 27.5 Å². The molecule has 0 aliphatic carbocycles. The third-order valence-corrected chi connectivity index (χ3v) is 4.77. The number of amides is 3. The molecule has 1 saturated heterocycles. The third-order valence-electron chi connectivity index (χ3n) is 4.57. The van der Waals surface area contributed by atoms with Crippen molar-refractivity contribution in [1.82, 2.24) is 9.88 Å². The van der Waals surface area contributed by atoms with Crippen LogP contribution in [-0.4, -0.2) is 40.3 Å². The average molecular weight is 428 g/mol. The smallest absolute Gasteiger partial charge is 0.406 e. The number of nitrogens with zero attached hydrogens (tertiary/aromatic N) is 3. The minimum absolute atomic E-state index is 0.164. The Morgan fingerprint density at radius 2 is 1.79 bits per heavy atom.